The Morgan fingerprint density at radius 1 is 1.09 bits per heavy atom. The molecule has 1 aromatic carbocycles. The highest BCUT2D eigenvalue weighted by atomic mass is 32.1. The van der Waals surface area contributed by atoms with E-state index in [9.17, 15) is 9.59 Å². The number of amides is 2. The van der Waals surface area contributed by atoms with E-state index in [0.29, 0.717) is 21.9 Å². The number of thiophene rings is 1. The Kier molecular flexibility index (Phi) is 4.20. The SMILES string of the molecule is Cc1ncoc1C(=O)Nc1cccc(NC(=O)c2cccs2)c1. The number of nitrogens with one attached hydrogen (secondary N) is 2. The van der Waals surface area contributed by atoms with Gasteiger partial charge in [0.05, 0.1) is 10.6 Å². The number of benzene rings is 1. The summed E-state index contributed by atoms with van der Waals surface area (Å²) in [6.07, 6.45) is 1.22. The minimum absolute atomic E-state index is 0.165. The molecule has 0 aliphatic rings. The van der Waals surface area contributed by atoms with Crippen molar-refractivity contribution in [1.29, 1.82) is 0 Å². The van der Waals surface area contributed by atoms with Crippen molar-refractivity contribution in [3.63, 3.8) is 0 Å². The van der Waals surface area contributed by atoms with Gasteiger partial charge in [0.2, 0.25) is 5.76 Å². The Balaban J connectivity index is 1.71. The second-order valence-corrected chi connectivity index (χ2v) is 5.68. The van der Waals surface area contributed by atoms with Gasteiger partial charge in [-0.1, -0.05) is 12.1 Å². The van der Waals surface area contributed by atoms with E-state index in [-0.39, 0.29) is 17.6 Å². The third-order valence-electron chi connectivity index (χ3n) is 3.08. The molecule has 2 heterocycles. The van der Waals surface area contributed by atoms with Gasteiger partial charge in [-0.05, 0) is 36.6 Å². The van der Waals surface area contributed by atoms with Crippen LogP contribution in [0.3, 0.4) is 0 Å². The fraction of sp³-hybridized carbons (Fsp3) is 0.0625. The molecule has 2 N–H and O–H groups in total. The molecule has 0 saturated carbocycles. The quantitative estimate of drug-likeness (QED) is 0.767. The normalized spacial score (nSPS) is 10.3. The maximum absolute atomic E-state index is 12.1. The maximum atomic E-state index is 12.1. The van der Waals surface area contributed by atoms with Crippen LogP contribution in [0.25, 0.3) is 0 Å². The molecule has 2 aromatic heterocycles. The molecule has 6 nitrogen and oxygen atoms in total. The lowest BCUT2D eigenvalue weighted by Gasteiger charge is -2.07. The summed E-state index contributed by atoms with van der Waals surface area (Å²) in [6.45, 7) is 1.69. The fourth-order valence-corrected chi connectivity index (χ4v) is 2.60. The van der Waals surface area contributed by atoms with Gasteiger partial charge in [-0.3, -0.25) is 9.59 Å². The van der Waals surface area contributed by atoms with Gasteiger partial charge in [0.1, 0.15) is 0 Å². The molecule has 0 bridgehead atoms. The summed E-state index contributed by atoms with van der Waals surface area (Å²) in [7, 11) is 0. The highest BCUT2D eigenvalue weighted by molar-refractivity contribution is 7.12. The second kappa shape index (κ2) is 6.45. The third kappa shape index (κ3) is 3.46. The van der Waals surface area contributed by atoms with E-state index in [1.807, 2.05) is 11.4 Å². The molecule has 23 heavy (non-hydrogen) atoms. The van der Waals surface area contributed by atoms with Crippen LogP contribution >= 0.6 is 11.3 Å². The minimum Gasteiger partial charge on any atom is -0.438 e. The largest absolute Gasteiger partial charge is 0.438 e. The lowest BCUT2D eigenvalue weighted by Crippen LogP contribution is -2.13. The topological polar surface area (TPSA) is 84.2 Å². The smallest absolute Gasteiger partial charge is 0.293 e. The monoisotopic (exact) mass is 327 g/mol. The Morgan fingerprint density at radius 2 is 1.83 bits per heavy atom. The molecule has 0 aliphatic carbocycles. The predicted octanol–water partition coefficient (Wildman–Crippen LogP) is 3.55. The van der Waals surface area contributed by atoms with Crippen LogP contribution in [0.1, 0.15) is 25.9 Å². The number of hydrogen-bond donors (Lipinski definition) is 2. The molecular weight excluding hydrogens is 314 g/mol. The van der Waals surface area contributed by atoms with E-state index < -0.39 is 0 Å². The summed E-state index contributed by atoms with van der Waals surface area (Å²) < 4.78 is 5.05. The van der Waals surface area contributed by atoms with Crippen LogP contribution in [-0.2, 0) is 0 Å². The summed E-state index contributed by atoms with van der Waals surface area (Å²) in [6, 6.07) is 10.5. The van der Waals surface area contributed by atoms with E-state index in [1.165, 1.54) is 17.7 Å². The molecule has 116 valence electrons. The molecule has 7 heteroatoms. The zero-order valence-electron chi connectivity index (χ0n) is 12.2. The molecule has 0 unspecified atom stereocenters. The Labute approximate surface area is 136 Å². The van der Waals surface area contributed by atoms with Crippen molar-refractivity contribution in [2.45, 2.75) is 6.92 Å². The van der Waals surface area contributed by atoms with Crippen molar-refractivity contribution < 1.29 is 14.0 Å². The van der Waals surface area contributed by atoms with Crippen molar-refractivity contribution >= 4 is 34.5 Å². The predicted molar refractivity (Wildman–Crippen MR) is 87.9 cm³/mol. The molecule has 0 atom stereocenters. The van der Waals surface area contributed by atoms with Crippen LogP contribution < -0.4 is 10.6 Å². The van der Waals surface area contributed by atoms with E-state index >= 15 is 0 Å². The number of carbonyl (C=O) groups excluding carboxylic acids is 2. The van der Waals surface area contributed by atoms with Gasteiger partial charge >= 0.3 is 0 Å². The first-order chi connectivity index (χ1) is 11.1. The fourth-order valence-electron chi connectivity index (χ4n) is 1.98. The number of oxazole rings is 1. The van der Waals surface area contributed by atoms with E-state index in [4.69, 9.17) is 4.42 Å². The standard InChI is InChI=1S/C16H13N3O3S/c1-10-14(22-9-17-10)16(21)19-12-5-2-4-11(8-12)18-15(20)13-6-3-7-23-13/h2-9H,1H3,(H,18,20)(H,19,21). The zero-order chi connectivity index (χ0) is 16.2. The van der Waals surface area contributed by atoms with Gasteiger partial charge < -0.3 is 15.1 Å². The average molecular weight is 327 g/mol. The number of hydrogen-bond acceptors (Lipinski definition) is 5. The van der Waals surface area contributed by atoms with E-state index in [0.717, 1.165) is 0 Å². The second-order valence-electron chi connectivity index (χ2n) is 4.73. The number of rotatable bonds is 4. The maximum Gasteiger partial charge on any atom is 0.293 e. The highest BCUT2D eigenvalue weighted by Crippen LogP contribution is 2.18. The molecule has 0 radical (unpaired) electrons. The first-order valence-corrected chi connectivity index (χ1v) is 7.68. The number of nitrogens with zero attached hydrogens (tertiary/aromatic N) is 1. The average Bonchev–Trinajstić information content (AvgIpc) is 3.18. The van der Waals surface area contributed by atoms with Crippen LogP contribution in [0.4, 0.5) is 11.4 Å². The van der Waals surface area contributed by atoms with Gasteiger partial charge in [-0.25, -0.2) is 4.98 Å². The van der Waals surface area contributed by atoms with Crippen LogP contribution in [0.15, 0.2) is 52.6 Å². The first kappa shape index (κ1) is 15.0. The van der Waals surface area contributed by atoms with E-state index in [2.05, 4.69) is 15.6 Å². The summed E-state index contributed by atoms with van der Waals surface area (Å²) in [4.78, 5) is 28.6. The van der Waals surface area contributed by atoms with Crippen molar-refractivity contribution in [2.24, 2.45) is 0 Å². The van der Waals surface area contributed by atoms with Gasteiger partial charge in [0, 0.05) is 11.4 Å². The Bertz CT molecular complexity index is 840. The zero-order valence-corrected chi connectivity index (χ0v) is 13.0. The molecule has 0 fully saturated rings. The lowest BCUT2D eigenvalue weighted by atomic mass is 10.2. The molecule has 0 saturated heterocycles. The third-order valence-corrected chi connectivity index (χ3v) is 3.94. The molecule has 0 spiro atoms. The van der Waals surface area contributed by atoms with E-state index in [1.54, 1.807) is 37.3 Å². The number of anilines is 2. The summed E-state index contributed by atoms with van der Waals surface area (Å²) in [5.74, 6) is -0.408. The Hall–Kier alpha value is -2.93. The molecule has 2 amide bonds. The van der Waals surface area contributed by atoms with Gasteiger partial charge in [-0.15, -0.1) is 11.3 Å². The number of aryl methyl sites for hydroxylation is 1. The molecule has 0 aliphatic heterocycles. The van der Waals surface area contributed by atoms with Crippen molar-refractivity contribution in [3.05, 3.63) is 64.5 Å². The molecule has 3 aromatic rings. The van der Waals surface area contributed by atoms with Crippen molar-refractivity contribution in [2.75, 3.05) is 10.6 Å². The van der Waals surface area contributed by atoms with Gasteiger partial charge in [-0.2, -0.15) is 0 Å². The lowest BCUT2D eigenvalue weighted by molar-refractivity contribution is 0.0994. The molecule has 3 rings (SSSR count). The molecular formula is C16H13N3O3S. The summed E-state index contributed by atoms with van der Waals surface area (Å²) >= 11 is 1.36. The van der Waals surface area contributed by atoms with Gasteiger partial charge in [0.25, 0.3) is 11.8 Å². The summed E-state index contributed by atoms with van der Waals surface area (Å²) in [5.41, 5.74) is 1.66. The van der Waals surface area contributed by atoms with Crippen LogP contribution in [0, 0.1) is 6.92 Å². The van der Waals surface area contributed by atoms with Crippen LogP contribution in [-0.4, -0.2) is 16.8 Å². The number of carbonyl (C=O) groups is 2. The van der Waals surface area contributed by atoms with Crippen molar-refractivity contribution in [1.82, 2.24) is 4.98 Å². The van der Waals surface area contributed by atoms with Crippen molar-refractivity contribution in [3.8, 4) is 0 Å². The minimum atomic E-state index is -0.387. The van der Waals surface area contributed by atoms with Gasteiger partial charge in [0.15, 0.2) is 6.39 Å². The summed E-state index contributed by atoms with van der Waals surface area (Å²) in [5, 5.41) is 7.34. The number of aromatic nitrogens is 1. The van der Waals surface area contributed by atoms with Crippen LogP contribution in [0.5, 0.6) is 0 Å². The Morgan fingerprint density at radius 3 is 2.43 bits per heavy atom. The first-order valence-electron chi connectivity index (χ1n) is 6.80. The highest BCUT2D eigenvalue weighted by Gasteiger charge is 2.14. The van der Waals surface area contributed by atoms with Crippen LogP contribution in [0.2, 0.25) is 0 Å².